The molecule has 1 aliphatic rings. The number of hydrogen-bond acceptors (Lipinski definition) is 5. The Morgan fingerprint density at radius 2 is 1.97 bits per heavy atom. The summed E-state index contributed by atoms with van der Waals surface area (Å²) in [4.78, 5) is 14.8. The third kappa shape index (κ3) is 5.68. The van der Waals surface area contributed by atoms with Crippen LogP contribution in [0.1, 0.15) is 42.2 Å². The highest BCUT2D eigenvalue weighted by Crippen LogP contribution is 2.24. The number of rotatable bonds is 9. The van der Waals surface area contributed by atoms with E-state index >= 15 is 0 Å². The highest BCUT2D eigenvalue weighted by molar-refractivity contribution is 7.89. The van der Waals surface area contributed by atoms with E-state index in [0.717, 1.165) is 37.3 Å². The molecule has 2 N–H and O–H groups in total. The lowest BCUT2D eigenvalue weighted by Gasteiger charge is -2.26. The van der Waals surface area contributed by atoms with Gasteiger partial charge in [0.15, 0.2) is 0 Å². The number of benzene rings is 1. The minimum atomic E-state index is -3.64. The molecular weight excluding hydrogens is 390 g/mol. The topological polar surface area (TPSA) is 91.6 Å². The van der Waals surface area contributed by atoms with Gasteiger partial charge in [0.05, 0.1) is 17.2 Å². The average molecular weight is 420 g/mol. The van der Waals surface area contributed by atoms with Crippen LogP contribution in [0.4, 0.5) is 0 Å². The number of aryl methyl sites for hydroxylation is 2. The van der Waals surface area contributed by atoms with Gasteiger partial charge in [-0.25, -0.2) is 13.1 Å². The molecule has 1 fully saturated rings. The van der Waals surface area contributed by atoms with Crippen molar-refractivity contribution >= 4 is 15.9 Å². The van der Waals surface area contributed by atoms with Gasteiger partial charge in [-0.05, 0) is 69.1 Å². The van der Waals surface area contributed by atoms with E-state index in [1.54, 1.807) is 25.3 Å². The van der Waals surface area contributed by atoms with Gasteiger partial charge >= 0.3 is 0 Å². The summed E-state index contributed by atoms with van der Waals surface area (Å²) in [5, 5.41) is 2.92. The Labute approximate surface area is 172 Å². The maximum atomic E-state index is 12.5. The quantitative estimate of drug-likeness (QED) is 0.652. The summed E-state index contributed by atoms with van der Waals surface area (Å²) >= 11 is 0. The summed E-state index contributed by atoms with van der Waals surface area (Å²) < 4.78 is 33.1. The van der Waals surface area contributed by atoms with E-state index in [0.29, 0.717) is 12.1 Å². The van der Waals surface area contributed by atoms with Gasteiger partial charge < -0.3 is 9.73 Å². The highest BCUT2D eigenvalue weighted by atomic mass is 32.2. The van der Waals surface area contributed by atoms with Gasteiger partial charge in [-0.3, -0.25) is 9.69 Å². The van der Waals surface area contributed by atoms with Crippen LogP contribution in [0.3, 0.4) is 0 Å². The number of likely N-dealkylation sites (tertiary alicyclic amines) is 1. The molecule has 7 nitrogen and oxygen atoms in total. The second-order valence-electron chi connectivity index (χ2n) is 7.50. The maximum absolute atomic E-state index is 12.5. The van der Waals surface area contributed by atoms with Gasteiger partial charge in [0.25, 0.3) is 0 Å². The molecule has 1 aromatic carbocycles. The zero-order chi connectivity index (χ0) is 20.9. The molecule has 1 aromatic heterocycles. The molecule has 0 bridgehead atoms. The molecule has 1 unspecified atom stereocenters. The molecule has 0 aliphatic carbocycles. The van der Waals surface area contributed by atoms with Crippen molar-refractivity contribution in [2.45, 2.75) is 44.0 Å². The van der Waals surface area contributed by atoms with Crippen molar-refractivity contribution < 1.29 is 17.6 Å². The predicted octanol–water partition coefficient (Wildman–Crippen LogP) is 2.52. The molecule has 29 heavy (non-hydrogen) atoms. The van der Waals surface area contributed by atoms with Crippen LogP contribution in [-0.2, 0) is 14.8 Å². The molecule has 1 atom stereocenters. The molecule has 0 saturated carbocycles. The van der Waals surface area contributed by atoms with Crippen LogP contribution in [0.15, 0.2) is 45.9 Å². The second kappa shape index (κ2) is 9.56. The first kappa shape index (κ1) is 21.5. The minimum absolute atomic E-state index is 0.00286. The first-order chi connectivity index (χ1) is 13.9. The van der Waals surface area contributed by atoms with E-state index in [4.69, 9.17) is 4.42 Å². The Morgan fingerprint density at radius 3 is 2.66 bits per heavy atom. The summed E-state index contributed by atoms with van der Waals surface area (Å²) in [7, 11) is -3.64. The third-order valence-electron chi connectivity index (χ3n) is 5.22. The first-order valence-corrected chi connectivity index (χ1v) is 11.5. The van der Waals surface area contributed by atoms with Gasteiger partial charge in [-0.2, -0.15) is 0 Å². The van der Waals surface area contributed by atoms with Crippen molar-refractivity contribution in [3.05, 3.63) is 53.5 Å². The number of nitrogens with zero attached hydrogens (tertiary/aromatic N) is 1. The molecule has 3 rings (SSSR count). The van der Waals surface area contributed by atoms with Gasteiger partial charge in [0.2, 0.25) is 15.9 Å². The van der Waals surface area contributed by atoms with E-state index in [2.05, 4.69) is 14.9 Å². The van der Waals surface area contributed by atoms with E-state index < -0.39 is 10.0 Å². The lowest BCUT2D eigenvalue weighted by atomic mass is 10.2. The zero-order valence-electron chi connectivity index (χ0n) is 17.0. The molecule has 0 spiro atoms. The van der Waals surface area contributed by atoms with E-state index in [9.17, 15) is 13.2 Å². The Kier molecular flexibility index (Phi) is 7.10. The number of carbonyl (C=O) groups is 1. The Morgan fingerprint density at radius 1 is 1.21 bits per heavy atom. The zero-order valence-corrected chi connectivity index (χ0v) is 17.8. The van der Waals surface area contributed by atoms with Crippen LogP contribution in [0.5, 0.6) is 0 Å². The molecule has 158 valence electrons. The smallest absolute Gasteiger partial charge is 0.240 e. The average Bonchev–Trinajstić information content (AvgIpc) is 3.38. The standard InChI is InChI=1S/C21H29N3O4S/c1-16-7-8-17(2)20(14-16)29(26,27)23-10-9-21(25)22-15-18(19-6-5-13-28-19)24-11-3-4-12-24/h5-8,13-14,18,23H,3-4,9-12,15H2,1-2H3,(H,22,25). The maximum Gasteiger partial charge on any atom is 0.240 e. The van der Waals surface area contributed by atoms with Crippen molar-refractivity contribution in [1.29, 1.82) is 0 Å². The lowest BCUT2D eigenvalue weighted by Crippen LogP contribution is -2.38. The van der Waals surface area contributed by atoms with Crippen molar-refractivity contribution in [2.75, 3.05) is 26.2 Å². The fourth-order valence-electron chi connectivity index (χ4n) is 3.62. The SMILES string of the molecule is Cc1ccc(C)c(S(=O)(=O)NCCC(=O)NCC(c2ccco2)N2CCCC2)c1. The Balaban J connectivity index is 1.51. The fourth-order valence-corrected chi connectivity index (χ4v) is 4.98. The number of sulfonamides is 1. The normalized spacial score (nSPS) is 16.1. The summed E-state index contributed by atoms with van der Waals surface area (Å²) in [6.07, 6.45) is 4.01. The second-order valence-corrected chi connectivity index (χ2v) is 9.23. The number of amides is 1. The van der Waals surface area contributed by atoms with Gasteiger partial charge in [0.1, 0.15) is 5.76 Å². The Hall–Kier alpha value is -2.16. The van der Waals surface area contributed by atoms with Gasteiger partial charge in [-0.1, -0.05) is 12.1 Å². The van der Waals surface area contributed by atoms with Crippen LogP contribution in [0, 0.1) is 13.8 Å². The molecule has 1 amide bonds. The van der Waals surface area contributed by atoms with Gasteiger partial charge in [0, 0.05) is 19.5 Å². The van der Waals surface area contributed by atoms with E-state index in [1.807, 2.05) is 25.1 Å². The van der Waals surface area contributed by atoms with Crippen LogP contribution in [0.25, 0.3) is 0 Å². The highest BCUT2D eigenvalue weighted by Gasteiger charge is 2.26. The monoisotopic (exact) mass is 419 g/mol. The summed E-state index contributed by atoms with van der Waals surface area (Å²) in [5.41, 5.74) is 1.55. The van der Waals surface area contributed by atoms with Crippen molar-refractivity contribution in [2.24, 2.45) is 0 Å². The Bertz CT molecular complexity index is 919. The first-order valence-electron chi connectivity index (χ1n) is 9.98. The third-order valence-corrected chi connectivity index (χ3v) is 6.83. The predicted molar refractivity (Wildman–Crippen MR) is 111 cm³/mol. The molecular formula is C21H29N3O4S. The summed E-state index contributed by atoms with van der Waals surface area (Å²) in [5.74, 6) is 0.646. The van der Waals surface area contributed by atoms with Crippen LogP contribution in [0.2, 0.25) is 0 Å². The van der Waals surface area contributed by atoms with Crippen LogP contribution in [-0.4, -0.2) is 45.4 Å². The van der Waals surface area contributed by atoms with Crippen LogP contribution < -0.4 is 10.0 Å². The van der Waals surface area contributed by atoms with Crippen molar-refractivity contribution in [3.8, 4) is 0 Å². The number of carbonyl (C=O) groups excluding carboxylic acids is 1. The molecule has 1 saturated heterocycles. The molecule has 2 aromatic rings. The number of nitrogens with one attached hydrogen (secondary N) is 2. The van der Waals surface area contributed by atoms with E-state index in [-0.39, 0.29) is 29.8 Å². The van der Waals surface area contributed by atoms with Crippen molar-refractivity contribution in [1.82, 2.24) is 14.9 Å². The largest absolute Gasteiger partial charge is 0.468 e. The van der Waals surface area contributed by atoms with E-state index in [1.165, 1.54) is 0 Å². The lowest BCUT2D eigenvalue weighted by molar-refractivity contribution is -0.121. The molecule has 8 heteroatoms. The number of hydrogen-bond donors (Lipinski definition) is 2. The summed E-state index contributed by atoms with van der Waals surface area (Å²) in [6.45, 7) is 6.07. The minimum Gasteiger partial charge on any atom is -0.468 e. The molecule has 1 aliphatic heterocycles. The van der Waals surface area contributed by atoms with Crippen molar-refractivity contribution in [3.63, 3.8) is 0 Å². The fraction of sp³-hybridized carbons (Fsp3) is 0.476. The number of furan rings is 1. The molecule has 0 radical (unpaired) electrons. The summed E-state index contributed by atoms with van der Waals surface area (Å²) in [6, 6.07) is 9.07. The van der Waals surface area contributed by atoms with Crippen LogP contribution >= 0.6 is 0 Å². The molecule has 2 heterocycles. The van der Waals surface area contributed by atoms with Gasteiger partial charge in [-0.15, -0.1) is 0 Å².